The predicted molar refractivity (Wildman–Crippen MR) is 123 cm³/mol. The van der Waals surface area contributed by atoms with Crippen molar-refractivity contribution in [3.05, 3.63) is 82.2 Å². The Hall–Kier alpha value is -3.61. The second-order valence-electron chi connectivity index (χ2n) is 8.74. The van der Waals surface area contributed by atoms with Crippen LogP contribution in [-0.4, -0.2) is 48.1 Å². The first-order chi connectivity index (χ1) is 16.1. The third-order valence-electron chi connectivity index (χ3n) is 6.14. The number of aromatic nitrogens is 1. The molecule has 2 aliphatic rings. The first-order valence-corrected chi connectivity index (χ1v) is 11.4. The topological polar surface area (TPSA) is 84.7 Å². The van der Waals surface area contributed by atoms with E-state index in [1.165, 1.54) is 18.4 Å². The van der Waals surface area contributed by atoms with Crippen molar-refractivity contribution in [1.82, 2.24) is 15.4 Å². The number of carbonyl (C=O) groups is 2. The van der Waals surface area contributed by atoms with Gasteiger partial charge in [0, 0.05) is 31.1 Å². The zero-order valence-corrected chi connectivity index (χ0v) is 18.7. The van der Waals surface area contributed by atoms with Crippen LogP contribution in [0.3, 0.4) is 0 Å². The number of nitrogens with one attached hydrogen (secondary N) is 1. The van der Waals surface area contributed by atoms with Crippen LogP contribution in [0.25, 0.3) is 0 Å². The maximum Gasteiger partial charge on any atom is 0.276 e. The molecule has 0 saturated heterocycles. The van der Waals surface area contributed by atoms with Gasteiger partial charge in [0.15, 0.2) is 5.69 Å². The summed E-state index contributed by atoms with van der Waals surface area (Å²) in [6.45, 7) is 3.12. The lowest BCUT2D eigenvalue weighted by Crippen LogP contribution is -2.41. The standard InChI is InChI=1S/C26H27N3O4/c1-17-13-23(28-33-17)26(31)29-10-9-27-25(30)21-4-2-3-18(14-21)15-22-16-20(19-5-6-19)7-8-24(22)32-12-11-29/h2-4,7-8,13-14,16,19H,5-6,9-12,15H2,1H3,(H,27,30). The van der Waals surface area contributed by atoms with Crippen LogP contribution in [0.2, 0.25) is 0 Å². The number of nitrogens with zero attached hydrogens (tertiary/aromatic N) is 2. The number of ether oxygens (including phenoxy) is 1. The lowest BCUT2D eigenvalue weighted by molar-refractivity contribution is 0.0713. The number of hydrogen-bond donors (Lipinski definition) is 1. The molecule has 1 aliphatic heterocycles. The summed E-state index contributed by atoms with van der Waals surface area (Å²) in [7, 11) is 0. The van der Waals surface area contributed by atoms with Crippen molar-refractivity contribution in [2.24, 2.45) is 0 Å². The molecule has 0 spiro atoms. The quantitative estimate of drug-likeness (QED) is 0.650. The Morgan fingerprint density at radius 3 is 2.79 bits per heavy atom. The number of aryl methyl sites for hydroxylation is 1. The van der Waals surface area contributed by atoms with Crippen LogP contribution in [-0.2, 0) is 6.42 Å². The van der Waals surface area contributed by atoms with Gasteiger partial charge >= 0.3 is 0 Å². The van der Waals surface area contributed by atoms with Gasteiger partial charge in [0.25, 0.3) is 11.8 Å². The van der Waals surface area contributed by atoms with Gasteiger partial charge in [-0.05, 0) is 60.6 Å². The first kappa shape index (κ1) is 21.2. The summed E-state index contributed by atoms with van der Waals surface area (Å²) in [4.78, 5) is 27.3. The molecule has 7 heteroatoms. The van der Waals surface area contributed by atoms with Crippen molar-refractivity contribution in [3.63, 3.8) is 0 Å². The number of amides is 2. The highest BCUT2D eigenvalue weighted by Crippen LogP contribution is 2.41. The number of rotatable bonds is 2. The molecule has 2 aromatic carbocycles. The smallest absolute Gasteiger partial charge is 0.276 e. The molecule has 0 unspecified atom stereocenters. The molecule has 2 bridgehead atoms. The van der Waals surface area contributed by atoms with Gasteiger partial charge in [-0.3, -0.25) is 9.59 Å². The van der Waals surface area contributed by atoms with Crippen molar-refractivity contribution in [2.75, 3.05) is 26.2 Å². The molecule has 33 heavy (non-hydrogen) atoms. The van der Waals surface area contributed by atoms with Gasteiger partial charge < -0.3 is 19.5 Å². The number of benzene rings is 2. The largest absolute Gasteiger partial charge is 0.491 e. The molecule has 1 aliphatic carbocycles. The predicted octanol–water partition coefficient (Wildman–Crippen LogP) is 3.72. The van der Waals surface area contributed by atoms with E-state index < -0.39 is 0 Å². The van der Waals surface area contributed by atoms with E-state index >= 15 is 0 Å². The molecular formula is C26H27N3O4. The van der Waals surface area contributed by atoms with Crippen molar-refractivity contribution >= 4 is 11.8 Å². The van der Waals surface area contributed by atoms with Crippen LogP contribution in [0.4, 0.5) is 0 Å². The number of carbonyl (C=O) groups excluding carboxylic acids is 2. The summed E-state index contributed by atoms with van der Waals surface area (Å²) in [6.07, 6.45) is 3.14. The van der Waals surface area contributed by atoms with Gasteiger partial charge in [0.1, 0.15) is 18.1 Å². The number of hydrogen-bond acceptors (Lipinski definition) is 5. The average Bonchev–Trinajstić information content (AvgIpc) is 3.58. The van der Waals surface area contributed by atoms with Crippen LogP contribution < -0.4 is 10.1 Å². The minimum absolute atomic E-state index is 0.151. The highest BCUT2D eigenvalue weighted by Gasteiger charge is 2.25. The van der Waals surface area contributed by atoms with Crippen LogP contribution in [0, 0.1) is 6.92 Å². The van der Waals surface area contributed by atoms with Crippen molar-refractivity contribution in [1.29, 1.82) is 0 Å². The van der Waals surface area contributed by atoms with E-state index in [9.17, 15) is 9.59 Å². The molecule has 5 rings (SSSR count). The summed E-state index contributed by atoms with van der Waals surface area (Å²) in [5, 5.41) is 6.77. The molecule has 3 aromatic rings. The summed E-state index contributed by atoms with van der Waals surface area (Å²) in [5.41, 5.74) is 4.36. The zero-order chi connectivity index (χ0) is 22.8. The Bertz CT molecular complexity index is 1180. The second-order valence-corrected chi connectivity index (χ2v) is 8.74. The van der Waals surface area contributed by atoms with Crippen molar-refractivity contribution in [2.45, 2.75) is 32.1 Å². The Labute approximate surface area is 192 Å². The highest BCUT2D eigenvalue weighted by atomic mass is 16.5. The van der Waals surface area contributed by atoms with E-state index in [1.807, 2.05) is 30.3 Å². The molecule has 0 atom stereocenters. The molecular weight excluding hydrogens is 418 g/mol. The average molecular weight is 446 g/mol. The normalized spacial score (nSPS) is 16.9. The summed E-state index contributed by atoms with van der Waals surface area (Å²) < 4.78 is 11.2. The molecule has 1 saturated carbocycles. The molecule has 7 nitrogen and oxygen atoms in total. The lowest BCUT2D eigenvalue weighted by Gasteiger charge is -2.23. The van der Waals surface area contributed by atoms with Crippen LogP contribution in [0.15, 0.2) is 53.1 Å². The van der Waals surface area contributed by atoms with E-state index in [-0.39, 0.29) is 17.5 Å². The summed E-state index contributed by atoms with van der Waals surface area (Å²) in [6, 6.07) is 15.7. The Kier molecular flexibility index (Phi) is 5.86. The maximum atomic E-state index is 13.0. The first-order valence-electron chi connectivity index (χ1n) is 11.4. The van der Waals surface area contributed by atoms with Crippen molar-refractivity contribution < 1.29 is 18.8 Å². The van der Waals surface area contributed by atoms with Gasteiger partial charge in [-0.1, -0.05) is 29.4 Å². The lowest BCUT2D eigenvalue weighted by atomic mass is 9.98. The SMILES string of the molecule is Cc1cc(C(=O)N2CCNC(=O)c3cccc(c3)Cc3cc(C4CC4)ccc3OCC2)no1. The maximum absolute atomic E-state index is 13.0. The van der Waals surface area contributed by atoms with E-state index in [4.69, 9.17) is 9.26 Å². The van der Waals surface area contributed by atoms with E-state index in [0.717, 1.165) is 16.9 Å². The monoisotopic (exact) mass is 445 g/mol. The third kappa shape index (κ3) is 4.92. The highest BCUT2D eigenvalue weighted by molar-refractivity contribution is 5.94. The van der Waals surface area contributed by atoms with Gasteiger partial charge in [0.2, 0.25) is 0 Å². The summed E-state index contributed by atoms with van der Waals surface area (Å²) >= 11 is 0. The molecule has 0 radical (unpaired) electrons. The fourth-order valence-corrected chi connectivity index (χ4v) is 4.21. The summed E-state index contributed by atoms with van der Waals surface area (Å²) in [5.74, 6) is 1.63. The third-order valence-corrected chi connectivity index (χ3v) is 6.14. The van der Waals surface area contributed by atoms with E-state index in [2.05, 4.69) is 22.6 Å². The van der Waals surface area contributed by atoms with E-state index in [1.54, 1.807) is 17.9 Å². The molecule has 1 aromatic heterocycles. The minimum Gasteiger partial charge on any atom is -0.491 e. The molecule has 1 fully saturated rings. The minimum atomic E-state index is -0.247. The zero-order valence-electron chi connectivity index (χ0n) is 18.7. The van der Waals surface area contributed by atoms with E-state index in [0.29, 0.717) is 49.9 Å². The van der Waals surface area contributed by atoms with Crippen LogP contribution >= 0.6 is 0 Å². The van der Waals surface area contributed by atoms with Crippen LogP contribution in [0.5, 0.6) is 5.75 Å². The molecule has 170 valence electrons. The van der Waals surface area contributed by atoms with Gasteiger partial charge in [-0.25, -0.2) is 0 Å². The Morgan fingerprint density at radius 2 is 2.00 bits per heavy atom. The Morgan fingerprint density at radius 1 is 1.12 bits per heavy atom. The molecule has 1 N–H and O–H groups in total. The molecule has 2 amide bonds. The fraction of sp³-hybridized carbons (Fsp3) is 0.346. The fourth-order valence-electron chi connectivity index (χ4n) is 4.21. The van der Waals surface area contributed by atoms with Crippen LogP contribution in [0.1, 0.15) is 62.1 Å². The molecule has 2 heterocycles. The van der Waals surface area contributed by atoms with Gasteiger partial charge in [0.05, 0.1) is 6.54 Å². The Balaban J connectivity index is 1.44. The van der Waals surface area contributed by atoms with Gasteiger partial charge in [-0.15, -0.1) is 0 Å². The van der Waals surface area contributed by atoms with Gasteiger partial charge in [-0.2, -0.15) is 0 Å². The number of fused-ring (bicyclic) bond motifs is 3. The second kappa shape index (κ2) is 9.10. The van der Waals surface area contributed by atoms with Crippen molar-refractivity contribution in [3.8, 4) is 5.75 Å².